The number of hydrogen-bond donors (Lipinski definition) is 1. The van der Waals surface area contributed by atoms with Crippen LogP contribution in [0, 0.1) is 5.92 Å². The van der Waals surface area contributed by atoms with E-state index in [0.717, 1.165) is 38.2 Å². The first kappa shape index (κ1) is 13.6. The second-order valence-electron chi connectivity index (χ2n) is 5.58. The van der Waals surface area contributed by atoms with Crippen molar-refractivity contribution in [3.63, 3.8) is 0 Å². The van der Waals surface area contributed by atoms with Crippen LogP contribution in [0.1, 0.15) is 18.7 Å². The Morgan fingerprint density at radius 1 is 1.40 bits per heavy atom. The topological polar surface area (TPSA) is 39.1 Å². The number of methoxy groups -OCH3 is 1. The molecule has 0 radical (unpaired) electrons. The number of para-hydroxylation sites is 2. The van der Waals surface area contributed by atoms with Crippen LogP contribution in [0.3, 0.4) is 0 Å². The van der Waals surface area contributed by atoms with Gasteiger partial charge in [-0.3, -0.25) is 0 Å². The summed E-state index contributed by atoms with van der Waals surface area (Å²) in [5.41, 5.74) is 2.32. The summed E-state index contributed by atoms with van der Waals surface area (Å²) in [5, 5.41) is 3.49. The Labute approximate surface area is 120 Å². The molecular weight excluding hydrogens is 250 g/mol. The second kappa shape index (κ2) is 6.37. The molecule has 108 valence electrons. The van der Waals surface area contributed by atoms with E-state index in [1.165, 1.54) is 24.2 Å². The summed E-state index contributed by atoms with van der Waals surface area (Å²) >= 11 is 0. The fourth-order valence-corrected chi connectivity index (χ4v) is 3.07. The summed E-state index contributed by atoms with van der Waals surface area (Å²) in [7, 11) is 1.75. The summed E-state index contributed by atoms with van der Waals surface area (Å²) < 4.78 is 7.57. The van der Waals surface area contributed by atoms with Crippen molar-refractivity contribution in [1.29, 1.82) is 0 Å². The number of imidazole rings is 1. The van der Waals surface area contributed by atoms with Crippen LogP contribution in [0.2, 0.25) is 0 Å². The van der Waals surface area contributed by atoms with E-state index in [9.17, 15) is 0 Å². The largest absolute Gasteiger partial charge is 0.383 e. The summed E-state index contributed by atoms with van der Waals surface area (Å²) in [6.07, 6.45) is 3.65. The van der Waals surface area contributed by atoms with Crippen molar-refractivity contribution in [3.05, 3.63) is 30.1 Å². The number of aromatic nitrogens is 2. The second-order valence-corrected chi connectivity index (χ2v) is 5.58. The zero-order valence-electron chi connectivity index (χ0n) is 12.1. The number of fused-ring (bicyclic) bond motifs is 1. The molecule has 1 atom stereocenters. The Hall–Kier alpha value is -1.39. The smallest absolute Gasteiger partial charge is 0.110 e. The molecule has 3 rings (SSSR count). The van der Waals surface area contributed by atoms with Gasteiger partial charge in [-0.1, -0.05) is 12.1 Å². The van der Waals surface area contributed by atoms with Gasteiger partial charge < -0.3 is 14.6 Å². The number of nitrogens with zero attached hydrogens (tertiary/aromatic N) is 2. The molecule has 0 amide bonds. The monoisotopic (exact) mass is 273 g/mol. The predicted molar refractivity (Wildman–Crippen MR) is 80.9 cm³/mol. The molecule has 0 spiro atoms. The minimum Gasteiger partial charge on any atom is -0.383 e. The molecule has 1 unspecified atom stereocenters. The molecule has 2 aromatic rings. The number of rotatable bonds is 5. The molecule has 4 heteroatoms. The van der Waals surface area contributed by atoms with Crippen molar-refractivity contribution >= 4 is 11.0 Å². The highest BCUT2D eigenvalue weighted by Gasteiger charge is 2.18. The van der Waals surface area contributed by atoms with Crippen LogP contribution < -0.4 is 5.32 Å². The van der Waals surface area contributed by atoms with Crippen molar-refractivity contribution < 1.29 is 4.74 Å². The third-order valence-electron chi connectivity index (χ3n) is 4.12. The van der Waals surface area contributed by atoms with Crippen molar-refractivity contribution in [3.8, 4) is 0 Å². The van der Waals surface area contributed by atoms with Crippen LogP contribution in [0.15, 0.2) is 24.3 Å². The maximum absolute atomic E-state index is 5.25. The van der Waals surface area contributed by atoms with E-state index in [2.05, 4.69) is 34.1 Å². The van der Waals surface area contributed by atoms with Crippen molar-refractivity contribution in [2.24, 2.45) is 5.92 Å². The fourth-order valence-electron chi connectivity index (χ4n) is 3.07. The molecule has 1 N–H and O–H groups in total. The molecule has 1 aliphatic rings. The highest BCUT2D eigenvalue weighted by molar-refractivity contribution is 5.75. The van der Waals surface area contributed by atoms with E-state index in [1.54, 1.807) is 7.11 Å². The van der Waals surface area contributed by atoms with E-state index >= 15 is 0 Å². The molecule has 0 saturated carbocycles. The average molecular weight is 273 g/mol. The minimum absolute atomic E-state index is 0.710. The molecule has 1 aromatic carbocycles. The lowest BCUT2D eigenvalue weighted by atomic mass is 9.96. The fraction of sp³-hybridized carbons (Fsp3) is 0.562. The van der Waals surface area contributed by atoms with Crippen LogP contribution in [-0.4, -0.2) is 36.4 Å². The lowest BCUT2D eigenvalue weighted by molar-refractivity contribution is 0.187. The van der Waals surface area contributed by atoms with Gasteiger partial charge in [0.05, 0.1) is 17.6 Å². The van der Waals surface area contributed by atoms with Crippen LogP contribution in [0.5, 0.6) is 0 Å². The molecule has 1 saturated heterocycles. The van der Waals surface area contributed by atoms with Crippen LogP contribution in [-0.2, 0) is 17.7 Å². The van der Waals surface area contributed by atoms with Crippen molar-refractivity contribution in [2.75, 3.05) is 26.8 Å². The summed E-state index contributed by atoms with van der Waals surface area (Å²) in [5.74, 6) is 1.92. The molecule has 0 aliphatic carbocycles. The van der Waals surface area contributed by atoms with Gasteiger partial charge in [0.25, 0.3) is 0 Å². The number of nitrogens with one attached hydrogen (secondary N) is 1. The maximum atomic E-state index is 5.25. The Balaban J connectivity index is 1.87. The van der Waals surface area contributed by atoms with Gasteiger partial charge in [-0.25, -0.2) is 4.98 Å². The number of hydrogen-bond acceptors (Lipinski definition) is 3. The molecule has 1 fully saturated rings. The van der Waals surface area contributed by atoms with Gasteiger partial charge in [0.15, 0.2) is 0 Å². The van der Waals surface area contributed by atoms with Gasteiger partial charge >= 0.3 is 0 Å². The van der Waals surface area contributed by atoms with E-state index in [-0.39, 0.29) is 0 Å². The van der Waals surface area contributed by atoms with Crippen LogP contribution in [0.4, 0.5) is 0 Å². The maximum Gasteiger partial charge on any atom is 0.110 e. The van der Waals surface area contributed by atoms with Gasteiger partial charge in [0, 0.05) is 20.1 Å². The molecule has 20 heavy (non-hydrogen) atoms. The first-order valence-electron chi connectivity index (χ1n) is 7.52. The van der Waals surface area contributed by atoms with E-state index in [4.69, 9.17) is 9.72 Å². The lowest BCUT2D eigenvalue weighted by Crippen LogP contribution is -2.31. The first-order valence-corrected chi connectivity index (χ1v) is 7.52. The number of benzene rings is 1. The molecule has 2 heterocycles. The standard InChI is InChI=1S/C16H23N3O/c1-20-10-9-19-15-7-3-2-6-14(15)18-16(19)11-13-5-4-8-17-12-13/h2-3,6-7,13,17H,4-5,8-12H2,1H3. The van der Waals surface area contributed by atoms with Gasteiger partial charge in [-0.15, -0.1) is 0 Å². The van der Waals surface area contributed by atoms with Crippen molar-refractivity contribution in [1.82, 2.24) is 14.9 Å². The molecule has 1 aliphatic heterocycles. The lowest BCUT2D eigenvalue weighted by Gasteiger charge is -2.22. The summed E-state index contributed by atoms with van der Waals surface area (Å²) in [6.45, 7) is 3.90. The summed E-state index contributed by atoms with van der Waals surface area (Å²) in [6, 6.07) is 8.39. The zero-order valence-corrected chi connectivity index (χ0v) is 12.1. The average Bonchev–Trinajstić information content (AvgIpc) is 2.83. The highest BCUT2D eigenvalue weighted by Crippen LogP contribution is 2.21. The van der Waals surface area contributed by atoms with E-state index in [0.29, 0.717) is 5.92 Å². The van der Waals surface area contributed by atoms with Crippen LogP contribution >= 0.6 is 0 Å². The SMILES string of the molecule is COCCn1c(CC2CCCNC2)nc2ccccc21. The first-order chi connectivity index (χ1) is 9.88. The molecule has 4 nitrogen and oxygen atoms in total. The van der Waals surface area contributed by atoms with E-state index < -0.39 is 0 Å². The van der Waals surface area contributed by atoms with Gasteiger partial charge in [0.1, 0.15) is 5.82 Å². The molecular formula is C16H23N3O. The Morgan fingerprint density at radius 3 is 3.10 bits per heavy atom. The molecule has 1 aromatic heterocycles. The number of ether oxygens (including phenoxy) is 1. The highest BCUT2D eigenvalue weighted by atomic mass is 16.5. The third kappa shape index (κ3) is 2.86. The normalized spacial score (nSPS) is 19.6. The quantitative estimate of drug-likeness (QED) is 0.908. The Bertz CT molecular complexity index is 558. The third-order valence-corrected chi connectivity index (χ3v) is 4.12. The zero-order chi connectivity index (χ0) is 13.8. The van der Waals surface area contributed by atoms with Gasteiger partial charge in [0.2, 0.25) is 0 Å². The van der Waals surface area contributed by atoms with Gasteiger partial charge in [-0.05, 0) is 44.0 Å². The van der Waals surface area contributed by atoms with Gasteiger partial charge in [-0.2, -0.15) is 0 Å². The predicted octanol–water partition coefficient (Wildman–Crippen LogP) is 2.22. The minimum atomic E-state index is 0.710. The number of piperidine rings is 1. The summed E-state index contributed by atoms with van der Waals surface area (Å²) in [4.78, 5) is 4.84. The molecule has 0 bridgehead atoms. The van der Waals surface area contributed by atoms with E-state index in [1.807, 2.05) is 0 Å². The van der Waals surface area contributed by atoms with Crippen molar-refractivity contribution in [2.45, 2.75) is 25.8 Å². The van der Waals surface area contributed by atoms with Crippen LogP contribution in [0.25, 0.3) is 11.0 Å². The Morgan fingerprint density at radius 2 is 2.30 bits per heavy atom. The Kier molecular flexibility index (Phi) is 4.33.